The third-order valence-electron chi connectivity index (χ3n) is 1.29. The molecule has 1 atom stereocenters. The molecule has 0 aliphatic rings. The van der Waals surface area contributed by atoms with Crippen molar-refractivity contribution in [1.29, 1.82) is 5.26 Å². The lowest BCUT2D eigenvalue weighted by Crippen LogP contribution is -2.11. The minimum Gasteiger partial charge on any atom is -0.304 e. The molecule has 0 spiro atoms. The first kappa shape index (κ1) is 8.41. The minimum absolute atomic E-state index is 0.306. The van der Waals surface area contributed by atoms with Gasteiger partial charge in [0.15, 0.2) is 0 Å². The molecule has 52 valence electrons. The van der Waals surface area contributed by atoms with E-state index in [1.54, 1.807) is 0 Å². The molecule has 3 heteroatoms. The molecule has 0 aromatic heterocycles. The Balaban J connectivity index is 3.32. The Morgan fingerprint density at radius 1 is 1.78 bits per heavy atom. The van der Waals surface area contributed by atoms with Crippen LogP contribution in [-0.2, 0) is 4.84 Å². The van der Waals surface area contributed by atoms with Crippen molar-refractivity contribution in [1.82, 2.24) is 0 Å². The zero-order chi connectivity index (χ0) is 7.11. The van der Waals surface area contributed by atoms with Crippen molar-refractivity contribution in [2.24, 2.45) is 11.8 Å². The zero-order valence-corrected chi connectivity index (χ0v) is 5.63. The Labute approximate surface area is 55.4 Å². The normalized spacial score (nSPS) is 12.6. The quantitative estimate of drug-likeness (QED) is 0.570. The third-order valence-corrected chi connectivity index (χ3v) is 1.29. The van der Waals surface area contributed by atoms with Crippen molar-refractivity contribution in [2.45, 2.75) is 19.8 Å². The maximum absolute atomic E-state index is 8.25. The molecule has 0 aromatic rings. The number of nitrogens with zero attached hydrogens (tertiary/aromatic N) is 1. The Hall–Kier alpha value is -0.590. The van der Waals surface area contributed by atoms with Gasteiger partial charge in [0.2, 0.25) is 0 Å². The van der Waals surface area contributed by atoms with Gasteiger partial charge in [0, 0.05) is 6.42 Å². The molecule has 0 saturated heterocycles. The van der Waals surface area contributed by atoms with E-state index >= 15 is 0 Å². The number of hydrogen-bond donors (Lipinski definition) is 1. The van der Waals surface area contributed by atoms with Crippen LogP contribution >= 0.6 is 0 Å². The number of rotatable bonds is 4. The number of nitriles is 1. The molecule has 0 bridgehead atoms. The minimum atomic E-state index is 0.306. The van der Waals surface area contributed by atoms with Gasteiger partial charge in [0.05, 0.1) is 12.7 Å². The van der Waals surface area contributed by atoms with Crippen molar-refractivity contribution < 1.29 is 4.84 Å². The molecule has 1 unspecified atom stereocenters. The molecule has 9 heavy (non-hydrogen) atoms. The van der Waals surface area contributed by atoms with E-state index in [1.807, 2.05) is 6.92 Å². The largest absolute Gasteiger partial charge is 0.304 e. The first-order valence-corrected chi connectivity index (χ1v) is 3.03. The van der Waals surface area contributed by atoms with Crippen molar-refractivity contribution in [2.75, 3.05) is 6.61 Å². The maximum atomic E-state index is 8.25. The van der Waals surface area contributed by atoms with Crippen molar-refractivity contribution in [3.8, 4) is 6.07 Å². The van der Waals surface area contributed by atoms with Crippen LogP contribution in [0.1, 0.15) is 19.8 Å². The van der Waals surface area contributed by atoms with Crippen molar-refractivity contribution in [3.63, 3.8) is 0 Å². The summed E-state index contributed by atoms with van der Waals surface area (Å²) in [6.45, 7) is 2.51. The second-order valence-electron chi connectivity index (χ2n) is 1.97. The summed E-state index contributed by atoms with van der Waals surface area (Å²) in [5.74, 6) is 5.13. The molecular weight excluding hydrogens is 116 g/mol. The van der Waals surface area contributed by atoms with Gasteiger partial charge in [0.1, 0.15) is 0 Å². The van der Waals surface area contributed by atoms with E-state index in [2.05, 4.69) is 10.9 Å². The van der Waals surface area contributed by atoms with Crippen LogP contribution in [0.15, 0.2) is 0 Å². The van der Waals surface area contributed by atoms with Crippen molar-refractivity contribution in [3.05, 3.63) is 0 Å². The second kappa shape index (κ2) is 5.54. The van der Waals surface area contributed by atoms with Gasteiger partial charge in [-0.2, -0.15) is 5.26 Å². The van der Waals surface area contributed by atoms with Crippen LogP contribution in [0.3, 0.4) is 0 Å². The van der Waals surface area contributed by atoms with E-state index in [1.165, 1.54) is 0 Å². The molecule has 3 nitrogen and oxygen atoms in total. The molecule has 0 heterocycles. The van der Waals surface area contributed by atoms with Gasteiger partial charge in [0.25, 0.3) is 0 Å². The molecule has 0 fully saturated rings. The van der Waals surface area contributed by atoms with Crippen LogP contribution in [0.25, 0.3) is 0 Å². The lowest BCUT2D eigenvalue weighted by atomic mass is 10.1. The van der Waals surface area contributed by atoms with E-state index in [-0.39, 0.29) is 0 Å². The van der Waals surface area contributed by atoms with Gasteiger partial charge in [-0.15, -0.1) is 0 Å². The summed E-state index contributed by atoms with van der Waals surface area (Å²) in [5, 5.41) is 8.25. The smallest absolute Gasteiger partial charge is 0.0717 e. The van der Waals surface area contributed by atoms with Crippen LogP contribution in [0.2, 0.25) is 0 Å². The van der Waals surface area contributed by atoms with Crippen LogP contribution < -0.4 is 5.90 Å². The fourth-order valence-electron chi connectivity index (χ4n) is 0.586. The van der Waals surface area contributed by atoms with Gasteiger partial charge in [-0.25, -0.2) is 5.90 Å². The monoisotopic (exact) mass is 128 g/mol. The number of nitrogens with two attached hydrogens (primary N) is 1. The van der Waals surface area contributed by atoms with E-state index < -0.39 is 0 Å². The summed E-state index contributed by atoms with van der Waals surface area (Å²) in [6.07, 6.45) is 1.48. The fourth-order valence-corrected chi connectivity index (χ4v) is 0.586. The maximum Gasteiger partial charge on any atom is 0.0717 e. The van der Waals surface area contributed by atoms with E-state index in [0.717, 1.165) is 6.42 Å². The summed E-state index contributed by atoms with van der Waals surface area (Å²) in [7, 11) is 0. The Morgan fingerprint density at radius 3 is 2.78 bits per heavy atom. The molecule has 0 aliphatic heterocycles. The Morgan fingerprint density at radius 2 is 2.44 bits per heavy atom. The van der Waals surface area contributed by atoms with Crippen LogP contribution in [0.4, 0.5) is 0 Å². The van der Waals surface area contributed by atoms with Gasteiger partial charge in [-0.1, -0.05) is 13.3 Å². The third kappa shape index (κ3) is 3.95. The van der Waals surface area contributed by atoms with Crippen LogP contribution in [-0.4, -0.2) is 6.61 Å². The second-order valence-corrected chi connectivity index (χ2v) is 1.97. The molecule has 0 radical (unpaired) electrons. The summed E-state index contributed by atoms with van der Waals surface area (Å²) < 4.78 is 0. The molecule has 0 aliphatic carbocycles. The zero-order valence-electron chi connectivity index (χ0n) is 5.63. The highest BCUT2D eigenvalue weighted by Crippen LogP contribution is 2.05. The van der Waals surface area contributed by atoms with Crippen LogP contribution in [0, 0.1) is 17.2 Å². The standard InChI is InChI=1S/C6H12N2O/c1-2-6(3-4-7)5-9-8/h6H,2-3,5,8H2,1H3. The van der Waals surface area contributed by atoms with Gasteiger partial charge >= 0.3 is 0 Å². The predicted molar refractivity (Wildman–Crippen MR) is 34.2 cm³/mol. The van der Waals surface area contributed by atoms with E-state index in [9.17, 15) is 0 Å². The lowest BCUT2D eigenvalue weighted by molar-refractivity contribution is 0.101. The first-order valence-electron chi connectivity index (χ1n) is 3.03. The van der Waals surface area contributed by atoms with Crippen LogP contribution in [0.5, 0.6) is 0 Å². The van der Waals surface area contributed by atoms with E-state index in [0.29, 0.717) is 18.9 Å². The first-order chi connectivity index (χ1) is 4.35. The Bertz CT molecular complexity index is 97.7. The SMILES string of the molecule is CCC(CC#N)CON. The average molecular weight is 128 g/mol. The number of hydrogen-bond acceptors (Lipinski definition) is 3. The highest BCUT2D eigenvalue weighted by atomic mass is 16.6. The molecule has 0 aromatic carbocycles. The topological polar surface area (TPSA) is 59.0 Å². The molecule has 0 rings (SSSR count). The molecular formula is C6H12N2O. The predicted octanol–water partition coefficient (Wildman–Crippen LogP) is 0.817. The average Bonchev–Trinajstić information content (AvgIpc) is 1.88. The van der Waals surface area contributed by atoms with Gasteiger partial charge < -0.3 is 4.84 Å². The van der Waals surface area contributed by atoms with E-state index in [4.69, 9.17) is 11.2 Å². The molecule has 0 amide bonds. The highest BCUT2D eigenvalue weighted by molar-refractivity contribution is 4.74. The fraction of sp³-hybridized carbons (Fsp3) is 0.833. The highest BCUT2D eigenvalue weighted by Gasteiger charge is 2.03. The lowest BCUT2D eigenvalue weighted by Gasteiger charge is -2.06. The summed E-state index contributed by atoms with van der Waals surface area (Å²) >= 11 is 0. The van der Waals surface area contributed by atoms with Crippen molar-refractivity contribution >= 4 is 0 Å². The summed E-state index contributed by atoms with van der Waals surface area (Å²) in [6, 6.07) is 2.07. The molecule has 2 N–H and O–H groups in total. The summed E-state index contributed by atoms with van der Waals surface area (Å²) in [4.78, 5) is 4.40. The van der Waals surface area contributed by atoms with Gasteiger partial charge in [-0.3, -0.25) is 0 Å². The molecule has 0 saturated carbocycles. The Kier molecular flexibility index (Phi) is 5.18. The van der Waals surface area contributed by atoms with Gasteiger partial charge in [-0.05, 0) is 5.92 Å². The summed E-state index contributed by atoms with van der Waals surface area (Å²) in [5.41, 5.74) is 0.